The van der Waals surface area contributed by atoms with Gasteiger partial charge in [-0.25, -0.2) is 8.57 Å². The van der Waals surface area contributed by atoms with E-state index in [1.807, 2.05) is 0 Å². The first-order chi connectivity index (χ1) is 14.9. The van der Waals surface area contributed by atoms with E-state index < -0.39 is 80.5 Å². The number of ketones is 1. The fraction of sp³-hybridized carbons (Fsp3) is 0.235. The van der Waals surface area contributed by atoms with Crippen LogP contribution in [0.2, 0.25) is 0 Å². The second-order valence-electron chi connectivity index (χ2n) is 6.84. The normalized spacial score (nSPS) is 12.5. The topological polar surface area (TPSA) is 127 Å². The van der Waals surface area contributed by atoms with Crippen molar-refractivity contribution in [3.05, 3.63) is 47.5 Å². The Balaban J connectivity index is 2.99. The third-order valence-electron chi connectivity index (χ3n) is 4.22. The summed E-state index contributed by atoms with van der Waals surface area (Å²) < 4.78 is 97.5. The van der Waals surface area contributed by atoms with Crippen LogP contribution in [0.15, 0.2) is 50.6 Å². The van der Waals surface area contributed by atoms with Gasteiger partial charge in [0.15, 0.2) is 5.78 Å². The lowest BCUT2D eigenvalue weighted by atomic mass is 9.79. The molecule has 0 bridgehead atoms. The molecule has 16 heteroatoms. The molecule has 0 amide bonds. The third kappa shape index (κ3) is 6.35. The Morgan fingerprint density at radius 3 is 1.45 bits per heavy atom. The van der Waals surface area contributed by atoms with Gasteiger partial charge in [0.25, 0.3) is 0 Å². The van der Waals surface area contributed by atoms with Crippen LogP contribution in [0.5, 0.6) is 0 Å². The number of alkyl halides is 6. The van der Waals surface area contributed by atoms with Crippen LogP contribution in [-0.4, -0.2) is 50.9 Å². The number of nitrogens with zero attached hydrogens (tertiary/aromatic N) is 1. The summed E-state index contributed by atoms with van der Waals surface area (Å²) in [7, 11) is -9.41. The standard InChI is InChI=1S/C17H15B2F6NO6S/c1-9(27)8-26-33(32,14-4-10(16(20,21)22)2-12(6-14)18(28)29)15-5-11(17(23,24)25)3-13(7-15)19(30)31/h2-7,28-31H,8H2,1H3. The van der Waals surface area contributed by atoms with Gasteiger partial charge in [0.1, 0.15) is 16.3 Å². The highest BCUT2D eigenvalue weighted by molar-refractivity contribution is 7.93. The maximum absolute atomic E-state index is 13.8. The number of hydrogen-bond donors (Lipinski definition) is 4. The predicted octanol–water partition coefficient (Wildman–Crippen LogP) is 0.559. The Hall–Kier alpha value is -2.39. The molecule has 7 nitrogen and oxygen atoms in total. The molecule has 178 valence electrons. The lowest BCUT2D eigenvalue weighted by Crippen LogP contribution is -2.33. The number of carbonyl (C=O) groups excluding carboxylic acids is 1. The zero-order valence-electron chi connectivity index (χ0n) is 16.6. The van der Waals surface area contributed by atoms with E-state index in [4.69, 9.17) is 0 Å². The molecule has 0 aliphatic heterocycles. The van der Waals surface area contributed by atoms with E-state index in [1.165, 1.54) is 0 Å². The van der Waals surface area contributed by atoms with Crippen molar-refractivity contribution in [3.63, 3.8) is 0 Å². The lowest BCUT2D eigenvalue weighted by molar-refractivity contribution is -0.138. The van der Waals surface area contributed by atoms with Crippen LogP contribution >= 0.6 is 0 Å². The molecule has 2 rings (SSSR count). The summed E-state index contributed by atoms with van der Waals surface area (Å²) in [5.41, 5.74) is -4.61. The van der Waals surface area contributed by atoms with Crippen molar-refractivity contribution < 1.29 is 55.4 Å². The second-order valence-corrected chi connectivity index (χ2v) is 9.09. The SMILES string of the molecule is CC(=O)CN=S(=O)(c1cc(B(O)O)cc(C(F)(F)F)c1)c1cc(B(O)O)cc(C(F)(F)F)c1. The van der Waals surface area contributed by atoms with Crippen molar-refractivity contribution in [1.29, 1.82) is 0 Å². The summed E-state index contributed by atoms with van der Waals surface area (Å²) in [5, 5.41) is 37.4. The van der Waals surface area contributed by atoms with Crippen LogP contribution < -0.4 is 10.9 Å². The van der Waals surface area contributed by atoms with Gasteiger partial charge >= 0.3 is 26.6 Å². The highest BCUT2D eigenvalue weighted by Crippen LogP contribution is 2.35. The molecule has 0 unspecified atom stereocenters. The summed E-state index contributed by atoms with van der Waals surface area (Å²) in [6.07, 6.45) is -10.2. The first-order valence-electron chi connectivity index (χ1n) is 8.84. The summed E-state index contributed by atoms with van der Waals surface area (Å²) in [5.74, 6) is -0.730. The Morgan fingerprint density at radius 1 is 0.818 bits per heavy atom. The van der Waals surface area contributed by atoms with Gasteiger partial charge in [-0.2, -0.15) is 26.3 Å². The Labute approximate surface area is 184 Å². The van der Waals surface area contributed by atoms with E-state index in [-0.39, 0.29) is 12.1 Å². The number of carbonyl (C=O) groups is 1. The van der Waals surface area contributed by atoms with Crippen LogP contribution in [0.4, 0.5) is 26.3 Å². The minimum atomic E-state index is -5.08. The summed E-state index contributed by atoms with van der Waals surface area (Å²) in [6, 6.07) is 2.48. The first kappa shape index (κ1) is 26.9. The summed E-state index contributed by atoms with van der Waals surface area (Å²) >= 11 is 0. The fourth-order valence-corrected chi connectivity index (χ4v) is 4.76. The molecule has 0 fully saturated rings. The molecule has 33 heavy (non-hydrogen) atoms. The van der Waals surface area contributed by atoms with Gasteiger partial charge in [-0.05, 0) is 42.1 Å². The van der Waals surface area contributed by atoms with E-state index >= 15 is 0 Å². The average molecular weight is 497 g/mol. The molecule has 0 spiro atoms. The third-order valence-corrected chi connectivity index (χ3v) is 6.46. The van der Waals surface area contributed by atoms with E-state index in [0.29, 0.717) is 24.3 Å². The quantitative estimate of drug-likeness (QED) is 0.342. The van der Waals surface area contributed by atoms with Crippen molar-refractivity contribution in [2.75, 3.05) is 6.54 Å². The highest BCUT2D eigenvalue weighted by atomic mass is 32.2. The zero-order chi connectivity index (χ0) is 25.4. The van der Waals surface area contributed by atoms with Gasteiger partial charge in [0.2, 0.25) is 0 Å². The van der Waals surface area contributed by atoms with E-state index in [9.17, 15) is 55.4 Å². The van der Waals surface area contributed by atoms with Gasteiger partial charge in [0.05, 0.1) is 20.9 Å². The van der Waals surface area contributed by atoms with Crippen molar-refractivity contribution in [3.8, 4) is 0 Å². The number of benzene rings is 2. The van der Waals surface area contributed by atoms with Gasteiger partial charge in [-0.15, -0.1) is 0 Å². The Morgan fingerprint density at radius 2 is 1.18 bits per heavy atom. The molecular formula is C17H15B2F6NO6S. The molecular weight excluding hydrogens is 482 g/mol. The van der Waals surface area contributed by atoms with Crippen LogP contribution in [0.1, 0.15) is 18.1 Å². The molecule has 0 saturated heterocycles. The molecule has 2 aromatic rings. The number of hydrogen-bond acceptors (Lipinski definition) is 7. The smallest absolute Gasteiger partial charge is 0.423 e. The Bertz CT molecular complexity index is 1100. The van der Waals surface area contributed by atoms with Gasteiger partial charge in [-0.3, -0.25) is 4.79 Å². The average Bonchev–Trinajstić information content (AvgIpc) is 2.69. The molecule has 0 heterocycles. The maximum Gasteiger partial charge on any atom is 0.488 e. The van der Waals surface area contributed by atoms with Gasteiger partial charge in [-0.1, -0.05) is 12.1 Å². The van der Waals surface area contributed by atoms with Crippen LogP contribution in [0, 0.1) is 0 Å². The predicted molar refractivity (Wildman–Crippen MR) is 105 cm³/mol. The van der Waals surface area contributed by atoms with E-state index in [1.54, 1.807) is 0 Å². The highest BCUT2D eigenvalue weighted by Gasteiger charge is 2.36. The van der Waals surface area contributed by atoms with Crippen molar-refractivity contribution in [1.82, 2.24) is 0 Å². The molecule has 2 aromatic carbocycles. The minimum absolute atomic E-state index is 0.285. The molecule has 0 atom stereocenters. The molecule has 0 aliphatic rings. The minimum Gasteiger partial charge on any atom is -0.423 e. The van der Waals surface area contributed by atoms with Crippen LogP contribution in [0.25, 0.3) is 0 Å². The maximum atomic E-state index is 13.8. The fourth-order valence-electron chi connectivity index (χ4n) is 2.66. The molecule has 0 aliphatic carbocycles. The van der Waals surface area contributed by atoms with Crippen LogP contribution in [0.3, 0.4) is 0 Å². The van der Waals surface area contributed by atoms with Crippen molar-refractivity contribution in [2.24, 2.45) is 4.36 Å². The van der Waals surface area contributed by atoms with Gasteiger partial charge < -0.3 is 20.1 Å². The second kappa shape index (κ2) is 9.46. The number of rotatable bonds is 6. The van der Waals surface area contributed by atoms with Crippen LogP contribution in [-0.2, 0) is 26.9 Å². The molecule has 4 N–H and O–H groups in total. The number of halogens is 6. The molecule has 0 aromatic heterocycles. The lowest BCUT2D eigenvalue weighted by Gasteiger charge is -2.18. The largest absolute Gasteiger partial charge is 0.488 e. The Kier molecular flexibility index (Phi) is 7.70. The monoisotopic (exact) mass is 497 g/mol. The van der Waals surface area contributed by atoms with E-state index in [2.05, 4.69) is 4.36 Å². The van der Waals surface area contributed by atoms with Gasteiger partial charge in [0, 0.05) is 0 Å². The zero-order valence-corrected chi connectivity index (χ0v) is 17.4. The molecule has 0 radical (unpaired) electrons. The van der Waals surface area contributed by atoms with Crippen molar-refractivity contribution in [2.45, 2.75) is 29.1 Å². The first-order valence-corrected chi connectivity index (χ1v) is 10.4. The molecule has 0 saturated carbocycles. The summed E-state index contributed by atoms with van der Waals surface area (Å²) in [4.78, 5) is 9.67. The van der Waals surface area contributed by atoms with Crippen molar-refractivity contribution >= 4 is 40.7 Å². The number of Topliss-reactive ketones (excluding diaryl/α,β-unsaturated/α-hetero) is 1. The van der Waals surface area contributed by atoms with E-state index in [0.717, 1.165) is 6.92 Å². The summed E-state index contributed by atoms with van der Waals surface area (Å²) in [6.45, 7) is 0.104.